The van der Waals surface area contributed by atoms with E-state index in [0.717, 1.165) is 12.1 Å². The summed E-state index contributed by atoms with van der Waals surface area (Å²) in [6, 6.07) is 9.71. The van der Waals surface area contributed by atoms with Crippen LogP contribution in [0.25, 0.3) is 0 Å². The molecule has 0 atom stereocenters. The average molecular weight is 280 g/mol. The Morgan fingerprint density at radius 1 is 1.05 bits per heavy atom. The first kappa shape index (κ1) is 13.7. The van der Waals surface area contributed by atoms with Crippen molar-refractivity contribution < 1.29 is 22.6 Å². The second-order valence-corrected chi connectivity index (χ2v) is 3.62. The topological polar surface area (TPSA) is 55.1 Å². The van der Waals surface area contributed by atoms with Crippen LogP contribution in [0.15, 0.2) is 42.6 Å². The van der Waals surface area contributed by atoms with Gasteiger partial charge in [0.1, 0.15) is 11.5 Å². The summed E-state index contributed by atoms with van der Waals surface area (Å²) in [6.45, 7) is 0. The smallest absolute Gasteiger partial charge is 0.439 e. The van der Waals surface area contributed by atoms with Gasteiger partial charge in [-0.1, -0.05) is 0 Å². The molecule has 2 aromatic rings. The van der Waals surface area contributed by atoms with Gasteiger partial charge in [0, 0.05) is 12.3 Å². The van der Waals surface area contributed by atoms with E-state index in [0.29, 0.717) is 5.56 Å². The Labute approximate surface area is 112 Å². The minimum Gasteiger partial charge on any atom is -0.439 e. The summed E-state index contributed by atoms with van der Waals surface area (Å²) in [6.07, 6.45) is -3.33. The third-order valence-corrected chi connectivity index (χ3v) is 2.14. The zero-order chi connectivity index (χ0) is 14.6. The maximum atomic E-state index is 12.0. The Balaban J connectivity index is 2.09. The highest BCUT2D eigenvalue weighted by atomic mass is 19.4. The van der Waals surface area contributed by atoms with Crippen molar-refractivity contribution in [3.8, 4) is 23.4 Å². The molecule has 0 unspecified atom stereocenters. The minimum atomic E-state index is -4.73. The Kier molecular flexibility index (Phi) is 3.75. The molecule has 0 N–H and O–H groups in total. The van der Waals surface area contributed by atoms with Crippen molar-refractivity contribution in [3.63, 3.8) is 0 Å². The number of aromatic nitrogens is 1. The van der Waals surface area contributed by atoms with Crippen LogP contribution in [0.2, 0.25) is 0 Å². The molecule has 0 saturated carbocycles. The van der Waals surface area contributed by atoms with Gasteiger partial charge in [-0.2, -0.15) is 5.26 Å². The third kappa shape index (κ3) is 3.88. The summed E-state index contributed by atoms with van der Waals surface area (Å²) in [4.78, 5) is 3.88. The van der Waals surface area contributed by atoms with Gasteiger partial charge in [-0.05, 0) is 30.3 Å². The molecule has 0 amide bonds. The molecule has 102 valence electrons. The predicted octanol–water partition coefficient (Wildman–Crippen LogP) is 3.64. The van der Waals surface area contributed by atoms with Crippen molar-refractivity contribution in [2.45, 2.75) is 6.36 Å². The molecule has 0 radical (unpaired) electrons. The standard InChI is InChI=1S/C13H7F3N2O2/c14-13(15,16)20-11-3-1-10(2-4-11)19-12-7-9(8-17)5-6-18-12/h1-7H. The van der Waals surface area contributed by atoms with E-state index >= 15 is 0 Å². The lowest BCUT2D eigenvalue weighted by atomic mass is 10.3. The van der Waals surface area contributed by atoms with E-state index in [2.05, 4.69) is 9.72 Å². The molecule has 1 aromatic carbocycles. The highest BCUT2D eigenvalue weighted by Gasteiger charge is 2.30. The minimum absolute atomic E-state index is 0.175. The molecule has 20 heavy (non-hydrogen) atoms. The molecule has 2 rings (SSSR count). The molecule has 0 bridgehead atoms. The molecule has 7 heteroatoms. The number of benzene rings is 1. The molecule has 0 fully saturated rings. The molecule has 0 aliphatic heterocycles. The fourth-order valence-corrected chi connectivity index (χ4v) is 1.36. The molecule has 0 aliphatic carbocycles. The Bertz CT molecular complexity index is 633. The number of pyridine rings is 1. The van der Waals surface area contributed by atoms with Crippen LogP contribution < -0.4 is 9.47 Å². The van der Waals surface area contributed by atoms with Gasteiger partial charge in [0.05, 0.1) is 11.6 Å². The number of hydrogen-bond acceptors (Lipinski definition) is 4. The summed E-state index contributed by atoms with van der Waals surface area (Å²) in [5.74, 6) is 0.110. The molecular weight excluding hydrogens is 273 g/mol. The van der Waals surface area contributed by atoms with Crippen LogP contribution in [-0.4, -0.2) is 11.3 Å². The largest absolute Gasteiger partial charge is 0.573 e. The van der Waals surface area contributed by atoms with Crippen LogP contribution in [0, 0.1) is 11.3 Å². The van der Waals surface area contributed by atoms with Gasteiger partial charge in [0.25, 0.3) is 0 Å². The monoisotopic (exact) mass is 280 g/mol. The average Bonchev–Trinajstić information content (AvgIpc) is 2.40. The Morgan fingerprint density at radius 2 is 1.70 bits per heavy atom. The maximum absolute atomic E-state index is 12.0. The zero-order valence-electron chi connectivity index (χ0n) is 9.89. The van der Waals surface area contributed by atoms with Crippen molar-refractivity contribution in [2.24, 2.45) is 0 Å². The van der Waals surface area contributed by atoms with Gasteiger partial charge in [0.2, 0.25) is 5.88 Å². The lowest BCUT2D eigenvalue weighted by Crippen LogP contribution is -2.16. The SMILES string of the molecule is N#Cc1ccnc(Oc2ccc(OC(F)(F)F)cc2)c1. The predicted molar refractivity (Wildman–Crippen MR) is 62.2 cm³/mol. The molecule has 0 saturated heterocycles. The fraction of sp³-hybridized carbons (Fsp3) is 0.0769. The zero-order valence-corrected chi connectivity index (χ0v) is 9.89. The number of halogens is 3. The van der Waals surface area contributed by atoms with Gasteiger partial charge in [-0.15, -0.1) is 13.2 Å². The molecule has 4 nitrogen and oxygen atoms in total. The summed E-state index contributed by atoms with van der Waals surface area (Å²) in [7, 11) is 0. The summed E-state index contributed by atoms with van der Waals surface area (Å²) in [5.41, 5.74) is 0.368. The quantitative estimate of drug-likeness (QED) is 0.861. The number of alkyl halides is 3. The van der Waals surface area contributed by atoms with Crippen LogP contribution in [0.3, 0.4) is 0 Å². The van der Waals surface area contributed by atoms with E-state index in [9.17, 15) is 13.2 Å². The van der Waals surface area contributed by atoms with Crippen LogP contribution in [0.5, 0.6) is 17.4 Å². The normalized spacial score (nSPS) is 10.7. The molecule has 1 heterocycles. The van der Waals surface area contributed by atoms with Crippen molar-refractivity contribution in [1.82, 2.24) is 4.98 Å². The van der Waals surface area contributed by atoms with E-state index in [4.69, 9.17) is 10.00 Å². The van der Waals surface area contributed by atoms with Gasteiger partial charge in [0.15, 0.2) is 0 Å². The van der Waals surface area contributed by atoms with Crippen LogP contribution in [-0.2, 0) is 0 Å². The number of ether oxygens (including phenoxy) is 2. The number of rotatable bonds is 3. The number of nitriles is 1. The Morgan fingerprint density at radius 3 is 2.30 bits per heavy atom. The van der Waals surface area contributed by atoms with Crippen molar-refractivity contribution in [3.05, 3.63) is 48.2 Å². The molecule has 1 aromatic heterocycles. The molecular formula is C13H7F3N2O2. The van der Waals surface area contributed by atoms with Crippen molar-refractivity contribution in [1.29, 1.82) is 5.26 Å². The fourth-order valence-electron chi connectivity index (χ4n) is 1.36. The van der Waals surface area contributed by atoms with E-state index in [-0.39, 0.29) is 17.4 Å². The van der Waals surface area contributed by atoms with Crippen molar-refractivity contribution >= 4 is 0 Å². The summed E-state index contributed by atoms with van der Waals surface area (Å²) >= 11 is 0. The second-order valence-electron chi connectivity index (χ2n) is 3.62. The first-order valence-electron chi connectivity index (χ1n) is 5.36. The molecule has 0 spiro atoms. The lowest BCUT2D eigenvalue weighted by Gasteiger charge is -2.09. The van der Waals surface area contributed by atoms with Gasteiger partial charge in [-0.25, -0.2) is 4.98 Å². The van der Waals surface area contributed by atoms with E-state index in [1.807, 2.05) is 6.07 Å². The van der Waals surface area contributed by atoms with E-state index in [1.165, 1.54) is 30.5 Å². The van der Waals surface area contributed by atoms with Crippen LogP contribution >= 0.6 is 0 Å². The first-order valence-corrected chi connectivity index (χ1v) is 5.36. The Hall–Kier alpha value is -2.75. The third-order valence-electron chi connectivity index (χ3n) is 2.14. The van der Waals surface area contributed by atoms with E-state index < -0.39 is 6.36 Å². The van der Waals surface area contributed by atoms with Crippen LogP contribution in [0.4, 0.5) is 13.2 Å². The van der Waals surface area contributed by atoms with E-state index in [1.54, 1.807) is 0 Å². The highest BCUT2D eigenvalue weighted by molar-refractivity contribution is 5.36. The first-order chi connectivity index (χ1) is 9.46. The highest BCUT2D eigenvalue weighted by Crippen LogP contribution is 2.26. The molecule has 0 aliphatic rings. The van der Waals surface area contributed by atoms with Crippen LogP contribution in [0.1, 0.15) is 5.56 Å². The summed E-state index contributed by atoms with van der Waals surface area (Å²) in [5, 5.41) is 8.72. The van der Waals surface area contributed by atoms with Gasteiger partial charge in [-0.3, -0.25) is 0 Å². The second kappa shape index (κ2) is 5.48. The number of hydrogen-bond donors (Lipinski definition) is 0. The summed E-state index contributed by atoms with van der Waals surface area (Å²) < 4.78 is 45.0. The van der Waals surface area contributed by atoms with Crippen molar-refractivity contribution in [2.75, 3.05) is 0 Å². The van der Waals surface area contributed by atoms with Gasteiger partial charge >= 0.3 is 6.36 Å². The van der Waals surface area contributed by atoms with Gasteiger partial charge < -0.3 is 9.47 Å². The number of nitrogens with zero attached hydrogens (tertiary/aromatic N) is 2. The maximum Gasteiger partial charge on any atom is 0.573 e. The lowest BCUT2D eigenvalue weighted by molar-refractivity contribution is -0.274.